The van der Waals surface area contributed by atoms with Gasteiger partial charge in [-0.2, -0.15) is 0 Å². The van der Waals surface area contributed by atoms with Crippen molar-refractivity contribution in [3.63, 3.8) is 0 Å². The molecule has 0 spiro atoms. The zero-order chi connectivity index (χ0) is 11.0. The number of amides is 1. The van der Waals surface area contributed by atoms with E-state index in [2.05, 4.69) is 0 Å². The molecule has 3 nitrogen and oxygen atoms in total. The summed E-state index contributed by atoms with van der Waals surface area (Å²) in [5.74, 6) is 0.701. The van der Waals surface area contributed by atoms with Crippen LogP contribution in [0.25, 0.3) is 0 Å². The predicted octanol–water partition coefficient (Wildman–Crippen LogP) is 2.31. The first-order valence-corrected chi connectivity index (χ1v) is 4.60. The fourth-order valence-corrected chi connectivity index (χ4v) is 0.978. The van der Waals surface area contributed by atoms with Crippen LogP contribution in [0, 0.1) is 0 Å². The number of rotatable bonds is 3. The number of ether oxygens (including phenoxy) is 1. The van der Waals surface area contributed by atoms with Crippen molar-refractivity contribution in [3.05, 3.63) is 24.3 Å². The maximum Gasteiger partial charge on any atom is 0.213 e. The lowest BCUT2D eigenvalue weighted by Gasteiger charge is -2.13. The van der Waals surface area contributed by atoms with E-state index in [9.17, 15) is 4.79 Å². The maximum atomic E-state index is 10.4. The molecule has 78 valence electrons. The first kappa shape index (κ1) is 12.5. The van der Waals surface area contributed by atoms with Gasteiger partial charge in [-0.1, -0.05) is 26.0 Å². The molecular formula is C11H17NO2. The highest BCUT2D eigenvalue weighted by Crippen LogP contribution is 2.25. The van der Waals surface area contributed by atoms with E-state index in [-0.39, 0.29) is 0 Å². The molecular weight excluding hydrogens is 178 g/mol. The summed E-state index contributed by atoms with van der Waals surface area (Å²) in [5, 5.41) is 0. The van der Waals surface area contributed by atoms with E-state index in [1.807, 2.05) is 38.1 Å². The van der Waals surface area contributed by atoms with Crippen molar-refractivity contribution in [1.29, 1.82) is 0 Å². The number of hydrogen-bond donors (Lipinski definition) is 0. The molecule has 0 fully saturated rings. The molecule has 0 N–H and O–H groups in total. The smallest absolute Gasteiger partial charge is 0.213 e. The highest BCUT2D eigenvalue weighted by Gasteiger charge is 2.04. The van der Waals surface area contributed by atoms with E-state index in [0.717, 1.165) is 12.1 Å². The van der Waals surface area contributed by atoms with Crippen LogP contribution in [-0.4, -0.2) is 20.6 Å². The molecule has 0 radical (unpaired) electrons. The Bertz CT molecular complexity index is 274. The van der Waals surface area contributed by atoms with Crippen molar-refractivity contribution in [2.45, 2.75) is 13.8 Å². The van der Waals surface area contributed by atoms with Crippen LogP contribution < -0.4 is 9.64 Å². The highest BCUT2D eigenvalue weighted by molar-refractivity contribution is 5.77. The fraction of sp³-hybridized carbons (Fsp3) is 0.364. The normalized spacial score (nSPS) is 8.29. The van der Waals surface area contributed by atoms with Gasteiger partial charge in [-0.05, 0) is 12.1 Å². The summed E-state index contributed by atoms with van der Waals surface area (Å²) in [7, 11) is 3.27. The Kier molecular flexibility index (Phi) is 6.20. The van der Waals surface area contributed by atoms with E-state index in [0.29, 0.717) is 5.75 Å². The van der Waals surface area contributed by atoms with E-state index in [1.54, 1.807) is 14.2 Å². The number of nitrogens with zero attached hydrogens (tertiary/aromatic N) is 1. The Morgan fingerprint density at radius 3 is 2.36 bits per heavy atom. The molecule has 0 saturated heterocycles. The Balaban J connectivity index is 0.000000791. The second-order valence-electron chi connectivity index (χ2n) is 2.39. The van der Waals surface area contributed by atoms with Crippen molar-refractivity contribution in [3.8, 4) is 5.75 Å². The molecule has 0 heterocycles. The van der Waals surface area contributed by atoms with Crippen LogP contribution >= 0.6 is 0 Å². The van der Waals surface area contributed by atoms with Crippen molar-refractivity contribution in [2.75, 3.05) is 19.1 Å². The second-order valence-corrected chi connectivity index (χ2v) is 2.39. The molecule has 1 aromatic carbocycles. The van der Waals surface area contributed by atoms with Gasteiger partial charge in [0.2, 0.25) is 6.41 Å². The Labute approximate surface area is 85.3 Å². The summed E-state index contributed by atoms with van der Waals surface area (Å²) in [4.78, 5) is 11.9. The van der Waals surface area contributed by atoms with Gasteiger partial charge in [-0.25, -0.2) is 0 Å². The van der Waals surface area contributed by atoms with Gasteiger partial charge in [-0.15, -0.1) is 0 Å². The van der Waals surface area contributed by atoms with Crippen LogP contribution in [0.2, 0.25) is 0 Å². The summed E-state index contributed by atoms with van der Waals surface area (Å²) in [6.45, 7) is 4.00. The third-order valence-electron chi connectivity index (χ3n) is 1.62. The molecule has 14 heavy (non-hydrogen) atoms. The van der Waals surface area contributed by atoms with Crippen molar-refractivity contribution in [1.82, 2.24) is 0 Å². The zero-order valence-corrected chi connectivity index (χ0v) is 9.15. The SMILES string of the molecule is CC.COc1ccccc1N(C)C=O. The van der Waals surface area contributed by atoms with Crippen LogP contribution in [0.4, 0.5) is 5.69 Å². The molecule has 0 aliphatic rings. The number of benzene rings is 1. The number of para-hydroxylation sites is 2. The quantitative estimate of drug-likeness (QED) is 0.693. The van der Waals surface area contributed by atoms with Gasteiger partial charge < -0.3 is 9.64 Å². The van der Waals surface area contributed by atoms with Crippen LogP contribution in [-0.2, 0) is 4.79 Å². The van der Waals surface area contributed by atoms with Gasteiger partial charge >= 0.3 is 0 Å². The van der Waals surface area contributed by atoms with E-state index >= 15 is 0 Å². The number of carbonyl (C=O) groups excluding carboxylic acids is 1. The van der Waals surface area contributed by atoms with Gasteiger partial charge in [0, 0.05) is 7.05 Å². The predicted molar refractivity (Wildman–Crippen MR) is 58.8 cm³/mol. The zero-order valence-electron chi connectivity index (χ0n) is 9.15. The topological polar surface area (TPSA) is 29.5 Å². The van der Waals surface area contributed by atoms with Gasteiger partial charge in [0.15, 0.2) is 0 Å². The molecule has 1 amide bonds. The van der Waals surface area contributed by atoms with Crippen LogP contribution in [0.15, 0.2) is 24.3 Å². The number of anilines is 1. The molecule has 0 bridgehead atoms. The molecule has 0 unspecified atom stereocenters. The summed E-state index contributed by atoms with van der Waals surface area (Å²) < 4.78 is 5.07. The molecule has 0 aromatic heterocycles. The fourth-order valence-electron chi connectivity index (χ4n) is 0.978. The van der Waals surface area contributed by atoms with Gasteiger partial charge in [0.1, 0.15) is 5.75 Å². The summed E-state index contributed by atoms with van der Waals surface area (Å²) in [6, 6.07) is 7.36. The lowest BCUT2D eigenvalue weighted by atomic mass is 10.3. The van der Waals surface area contributed by atoms with Crippen molar-refractivity contribution < 1.29 is 9.53 Å². The standard InChI is InChI=1S/C9H11NO2.C2H6/c1-10(7-11)8-5-3-4-6-9(8)12-2;1-2/h3-7H,1-2H3;1-2H3. The van der Waals surface area contributed by atoms with Crippen molar-refractivity contribution in [2.24, 2.45) is 0 Å². The molecule has 1 aromatic rings. The molecule has 0 atom stereocenters. The molecule has 0 aliphatic carbocycles. The van der Waals surface area contributed by atoms with Gasteiger partial charge in [-0.3, -0.25) is 4.79 Å². The van der Waals surface area contributed by atoms with E-state index in [1.165, 1.54) is 4.90 Å². The minimum absolute atomic E-state index is 0.701. The van der Waals surface area contributed by atoms with E-state index < -0.39 is 0 Å². The molecule has 1 rings (SSSR count). The average Bonchev–Trinajstić information content (AvgIpc) is 2.30. The average molecular weight is 195 g/mol. The number of methoxy groups -OCH3 is 1. The number of hydrogen-bond acceptors (Lipinski definition) is 2. The van der Waals surface area contributed by atoms with Crippen LogP contribution in [0.3, 0.4) is 0 Å². The van der Waals surface area contributed by atoms with Crippen LogP contribution in [0.5, 0.6) is 5.75 Å². The lowest BCUT2D eigenvalue weighted by molar-refractivity contribution is -0.107. The summed E-state index contributed by atoms with van der Waals surface area (Å²) in [5.41, 5.74) is 0.773. The molecule has 0 aliphatic heterocycles. The minimum atomic E-state index is 0.701. The maximum absolute atomic E-state index is 10.4. The summed E-state index contributed by atoms with van der Waals surface area (Å²) in [6.07, 6.45) is 0.748. The first-order valence-electron chi connectivity index (χ1n) is 4.60. The van der Waals surface area contributed by atoms with Gasteiger partial charge in [0.05, 0.1) is 12.8 Å². The third-order valence-corrected chi connectivity index (χ3v) is 1.62. The lowest BCUT2D eigenvalue weighted by Crippen LogP contribution is -2.14. The Morgan fingerprint density at radius 2 is 1.86 bits per heavy atom. The van der Waals surface area contributed by atoms with E-state index in [4.69, 9.17) is 4.74 Å². The first-order chi connectivity index (χ1) is 6.79. The molecule has 0 saturated carbocycles. The minimum Gasteiger partial charge on any atom is -0.495 e. The second kappa shape index (κ2) is 6.95. The monoisotopic (exact) mass is 195 g/mol. The highest BCUT2D eigenvalue weighted by atomic mass is 16.5. The third kappa shape index (κ3) is 3.09. The Morgan fingerprint density at radius 1 is 1.29 bits per heavy atom. The largest absolute Gasteiger partial charge is 0.495 e. The van der Waals surface area contributed by atoms with Crippen LogP contribution in [0.1, 0.15) is 13.8 Å². The summed E-state index contributed by atoms with van der Waals surface area (Å²) >= 11 is 0. The Hall–Kier alpha value is -1.51. The molecule has 3 heteroatoms. The van der Waals surface area contributed by atoms with Gasteiger partial charge in [0.25, 0.3) is 0 Å². The van der Waals surface area contributed by atoms with Crippen molar-refractivity contribution >= 4 is 12.1 Å². The number of carbonyl (C=O) groups is 1.